The maximum absolute atomic E-state index is 12.1. The Morgan fingerprint density at radius 1 is 1.08 bits per heavy atom. The van der Waals surface area contributed by atoms with Crippen molar-refractivity contribution < 1.29 is 4.79 Å². The zero-order valence-corrected chi connectivity index (χ0v) is 15.2. The van der Waals surface area contributed by atoms with Crippen LogP contribution in [0.3, 0.4) is 0 Å². The van der Waals surface area contributed by atoms with Crippen molar-refractivity contribution >= 4 is 35.5 Å². The van der Waals surface area contributed by atoms with Gasteiger partial charge in [-0.15, -0.1) is 0 Å². The Labute approximate surface area is 153 Å². The number of hydrazone groups is 1. The summed E-state index contributed by atoms with van der Waals surface area (Å²) in [5.74, 6) is -0.272. The molecule has 0 aliphatic rings. The van der Waals surface area contributed by atoms with E-state index in [2.05, 4.69) is 29.3 Å². The van der Waals surface area contributed by atoms with Crippen LogP contribution in [0.15, 0.2) is 64.7 Å². The van der Waals surface area contributed by atoms with Gasteiger partial charge in [0.1, 0.15) is 0 Å². The van der Waals surface area contributed by atoms with Crippen LogP contribution in [0.25, 0.3) is 6.08 Å². The molecule has 2 aromatic rings. The summed E-state index contributed by atoms with van der Waals surface area (Å²) in [7, 11) is 0. The van der Waals surface area contributed by atoms with Crippen LogP contribution in [0.4, 0.5) is 5.69 Å². The van der Waals surface area contributed by atoms with Crippen molar-refractivity contribution in [3.8, 4) is 0 Å². The Balaban J connectivity index is 1.94. The third-order valence-corrected chi connectivity index (χ3v) is 3.92. The molecule has 25 heavy (non-hydrogen) atoms. The first-order valence-electron chi connectivity index (χ1n) is 8.24. The lowest BCUT2D eigenvalue weighted by molar-refractivity contribution is 0.0955. The first-order chi connectivity index (χ1) is 12.1. The van der Waals surface area contributed by atoms with Crippen LogP contribution in [0, 0.1) is 0 Å². The maximum Gasteiger partial charge on any atom is 0.271 e. The number of allylic oxidation sites excluding steroid dienone is 1. The lowest BCUT2D eigenvalue weighted by Crippen LogP contribution is -2.22. The van der Waals surface area contributed by atoms with Gasteiger partial charge >= 0.3 is 0 Å². The second-order valence-corrected chi connectivity index (χ2v) is 5.79. The van der Waals surface area contributed by atoms with Crippen molar-refractivity contribution in [2.45, 2.75) is 13.8 Å². The van der Waals surface area contributed by atoms with Crippen LogP contribution in [0.5, 0.6) is 0 Å². The molecule has 0 unspecified atom stereocenters. The normalized spacial score (nSPS) is 11.6. The molecule has 2 rings (SSSR count). The molecule has 0 aromatic heterocycles. The van der Waals surface area contributed by atoms with Gasteiger partial charge in [-0.25, -0.2) is 5.43 Å². The van der Waals surface area contributed by atoms with E-state index in [0.717, 1.165) is 24.3 Å². The highest BCUT2D eigenvalue weighted by Gasteiger charge is 2.06. The molecule has 0 saturated carbocycles. The van der Waals surface area contributed by atoms with Gasteiger partial charge in [0.05, 0.1) is 11.2 Å². The summed E-state index contributed by atoms with van der Waals surface area (Å²) in [5.41, 5.74) is 5.10. The van der Waals surface area contributed by atoms with E-state index in [1.54, 1.807) is 18.2 Å². The van der Waals surface area contributed by atoms with Crippen LogP contribution in [0.1, 0.15) is 29.8 Å². The molecule has 5 heteroatoms. The molecule has 0 saturated heterocycles. The first-order valence-corrected chi connectivity index (χ1v) is 8.62. The number of amides is 1. The summed E-state index contributed by atoms with van der Waals surface area (Å²) in [6.07, 6.45) is 3.19. The lowest BCUT2D eigenvalue weighted by atomic mass is 10.2. The van der Waals surface area contributed by atoms with Crippen molar-refractivity contribution in [3.05, 3.63) is 70.8 Å². The molecule has 0 heterocycles. The molecule has 130 valence electrons. The number of benzene rings is 2. The van der Waals surface area contributed by atoms with Crippen LogP contribution in [0.2, 0.25) is 0 Å². The van der Waals surface area contributed by atoms with Crippen molar-refractivity contribution in [1.82, 2.24) is 5.43 Å². The molecule has 2 aromatic carbocycles. The van der Waals surface area contributed by atoms with E-state index in [1.165, 1.54) is 6.21 Å². The average molecular weight is 356 g/mol. The van der Waals surface area contributed by atoms with E-state index < -0.39 is 0 Å². The molecular weight excluding hydrogens is 334 g/mol. The smallest absolute Gasteiger partial charge is 0.271 e. The standard InChI is InChI=1S/C20H22ClN3O/c1-3-24(4-2)19-12-10-17(11-13-19)20(25)23-22-15-18(21)14-16-8-6-5-7-9-16/h5-15H,3-4H2,1-2H3,(H,23,25). The number of halogens is 1. The average Bonchev–Trinajstić information content (AvgIpc) is 2.64. The van der Waals surface area contributed by atoms with Crippen LogP contribution < -0.4 is 10.3 Å². The van der Waals surface area contributed by atoms with Gasteiger partial charge in [-0.2, -0.15) is 5.10 Å². The molecule has 0 spiro atoms. The Hall–Kier alpha value is -2.59. The van der Waals surface area contributed by atoms with Gasteiger partial charge in [0.25, 0.3) is 5.91 Å². The monoisotopic (exact) mass is 355 g/mol. The number of hydrogen-bond donors (Lipinski definition) is 1. The Morgan fingerprint density at radius 2 is 1.72 bits per heavy atom. The van der Waals surface area contributed by atoms with Crippen molar-refractivity contribution in [2.75, 3.05) is 18.0 Å². The van der Waals surface area contributed by atoms with E-state index in [4.69, 9.17) is 11.6 Å². The summed E-state index contributed by atoms with van der Waals surface area (Å²) < 4.78 is 0. The molecule has 0 aliphatic heterocycles. The molecule has 0 aliphatic carbocycles. The van der Waals surface area contributed by atoms with Gasteiger partial charge in [0, 0.05) is 24.3 Å². The summed E-state index contributed by atoms with van der Waals surface area (Å²) in [6.45, 7) is 6.06. The highest BCUT2D eigenvalue weighted by molar-refractivity contribution is 6.41. The lowest BCUT2D eigenvalue weighted by Gasteiger charge is -2.20. The molecule has 0 bridgehead atoms. The van der Waals surface area contributed by atoms with Crippen molar-refractivity contribution in [3.63, 3.8) is 0 Å². The highest BCUT2D eigenvalue weighted by atomic mass is 35.5. The molecular formula is C20H22ClN3O. The zero-order chi connectivity index (χ0) is 18.1. The molecule has 1 amide bonds. The minimum atomic E-state index is -0.272. The molecule has 4 nitrogen and oxygen atoms in total. The van der Waals surface area contributed by atoms with E-state index in [1.807, 2.05) is 42.5 Å². The van der Waals surface area contributed by atoms with Gasteiger partial charge in [0.2, 0.25) is 0 Å². The zero-order valence-electron chi connectivity index (χ0n) is 14.4. The molecule has 0 radical (unpaired) electrons. The number of carbonyl (C=O) groups excluding carboxylic acids is 1. The predicted molar refractivity (Wildman–Crippen MR) is 106 cm³/mol. The third kappa shape index (κ3) is 5.76. The van der Waals surface area contributed by atoms with Crippen molar-refractivity contribution in [2.24, 2.45) is 5.10 Å². The SMILES string of the molecule is CCN(CC)c1ccc(C(=O)NN=CC(Cl)=Cc2ccccc2)cc1. The summed E-state index contributed by atoms with van der Waals surface area (Å²) >= 11 is 6.09. The summed E-state index contributed by atoms with van der Waals surface area (Å²) in [4.78, 5) is 14.3. The second-order valence-electron chi connectivity index (χ2n) is 5.36. The summed E-state index contributed by atoms with van der Waals surface area (Å²) in [6, 6.07) is 17.1. The van der Waals surface area contributed by atoms with Crippen molar-refractivity contribution in [1.29, 1.82) is 0 Å². The highest BCUT2D eigenvalue weighted by Crippen LogP contribution is 2.15. The van der Waals surface area contributed by atoms with Crippen LogP contribution >= 0.6 is 11.6 Å². The Kier molecular flexibility index (Phi) is 7.23. The Morgan fingerprint density at radius 3 is 2.32 bits per heavy atom. The van der Waals surface area contributed by atoms with Gasteiger partial charge in [0.15, 0.2) is 0 Å². The van der Waals surface area contributed by atoms with Gasteiger partial charge in [-0.3, -0.25) is 4.79 Å². The number of nitrogens with one attached hydrogen (secondary N) is 1. The number of carbonyl (C=O) groups is 1. The minimum Gasteiger partial charge on any atom is -0.372 e. The second kappa shape index (κ2) is 9.64. The minimum absolute atomic E-state index is 0.272. The first kappa shape index (κ1) is 18.7. The molecule has 1 N–H and O–H groups in total. The van der Waals surface area contributed by atoms with Gasteiger partial charge in [-0.1, -0.05) is 41.9 Å². The van der Waals surface area contributed by atoms with Gasteiger partial charge in [-0.05, 0) is 49.8 Å². The molecule has 0 atom stereocenters. The quantitative estimate of drug-likeness (QED) is 0.586. The fourth-order valence-corrected chi connectivity index (χ4v) is 2.55. The molecule has 0 fully saturated rings. The van der Waals surface area contributed by atoms with E-state index in [0.29, 0.717) is 10.6 Å². The largest absolute Gasteiger partial charge is 0.372 e. The fourth-order valence-electron chi connectivity index (χ4n) is 2.38. The van der Waals surface area contributed by atoms with E-state index >= 15 is 0 Å². The number of nitrogens with zero attached hydrogens (tertiary/aromatic N) is 2. The van der Waals surface area contributed by atoms with Crippen LogP contribution in [-0.4, -0.2) is 25.2 Å². The van der Waals surface area contributed by atoms with E-state index in [-0.39, 0.29) is 5.91 Å². The van der Waals surface area contributed by atoms with Gasteiger partial charge < -0.3 is 4.90 Å². The summed E-state index contributed by atoms with van der Waals surface area (Å²) in [5, 5.41) is 4.33. The number of rotatable bonds is 7. The van der Waals surface area contributed by atoms with Crippen LogP contribution in [-0.2, 0) is 0 Å². The topological polar surface area (TPSA) is 44.7 Å². The number of anilines is 1. The number of hydrogen-bond acceptors (Lipinski definition) is 3. The predicted octanol–water partition coefficient (Wildman–Crippen LogP) is 4.53. The fraction of sp³-hybridized carbons (Fsp3) is 0.200. The maximum atomic E-state index is 12.1. The Bertz CT molecular complexity index is 735. The van der Waals surface area contributed by atoms with E-state index in [9.17, 15) is 4.79 Å². The third-order valence-electron chi connectivity index (χ3n) is 3.72.